The van der Waals surface area contributed by atoms with Crippen LogP contribution >= 0.6 is 23.2 Å². The van der Waals surface area contributed by atoms with Gasteiger partial charge in [-0.25, -0.2) is 0 Å². The molecule has 0 saturated carbocycles. The van der Waals surface area contributed by atoms with Crippen LogP contribution in [-0.4, -0.2) is 84.0 Å². The molecule has 2 saturated heterocycles. The Hall–Kier alpha value is -2.65. The number of amides is 2. The van der Waals surface area contributed by atoms with Crippen LogP contribution in [0.25, 0.3) is 0 Å². The summed E-state index contributed by atoms with van der Waals surface area (Å²) in [4.78, 5) is 42.3. The largest absolute Gasteiger partial charge is 0.481 e. The number of rotatable bonds is 11. The average molecular weight is 604 g/mol. The lowest BCUT2D eigenvalue weighted by molar-refractivity contribution is -0.143. The predicted octanol–water partition coefficient (Wildman–Crippen LogP) is 4.66. The zero-order chi connectivity index (χ0) is 29.4. The number of piperidine rings is 1. The number of nitrogens with zero attached hydrogens (tertiary/aromatic N) is 2. The fourth-order valence-electron chi connectivity index (χ4n) is 5.76. The smallest absolute Gasteiger partial charge is 0.306 e. The van der Waals surface area contributed by atoms with Crippen molar-refractivity contribution in [2.45, 2.75) is 57.0 Å². The van der Waals surface area contributed by atoms with Crippen molar-refractivity contribution in [2.75, 3.05) is 39.3 Å². The minimum Gasteiger partial charge on any atom is -0.481 e. The molecule has 0 radical (unpaired) electrons. The number of benzene rings is 2. The Kier molecular flexibility index (Phi) is 11.5. The summed E-state index contributed by atoms with van der Waals surface area (Å²) in [7, 11) is 0. The Morgan fingerprint density at radius 2 is 1.78 bits per heavy atom. The van der Waals surface area contributed by atoms with Crippen LogP contribution in [0.5, 0.6) is 0 Å². The van der Waals surface area contributed by atoms with Crippen LogP contribution in [0.3, 0.4) is 0 Å². The fourth-order valence-corrected chi connectivity index (χ4v) is 6.06. The lowest BCUT2D eigenvalue weighted by atomic mass is 9.95. The molecule has 3 atom stereocenters. The van der Waals surface area contributed by atoms with E-state index >= 15 is 0 Å². The van der Waals surface area contributed by atoms with Gasteiger partial charge in [-0.05, 0) is 69.0 Å². The summed E-state index contributed by atoms with van der Waals surface area (Å²) in [6, 6.07) is 14.6. The highest BCUT2D eigenvalue weighted by molar-refractivity contribution is 6.42. The van der Waals surface area contributed by atoms with Gasteiger partial charge in [0, 0.05) is 43.7 Å². The van der Waals surface area contributed by atoms with Crippen molar-refractivity contribution in [2.24, 2.45) is 5.92 Å². The first kappa shape index (κ1) is 31.3. The summed E-state index contributed by atoms with van der Waals surface area (Å²) in [5.74, 6) is -0.937. The SMILES string of the molecule is CCC(CN1CC[C@@H](CNC(=O)c2ccc(Cl)c(Cl)c2)NC(CCN2CCC(C(=O)O)CC2)C1=O)c1ccccc1. The molecule has 41 heavy (non-hydrogen) atoms. The Morgan fingerprint density at radius 3 is 2.44 bits per heavy atom. The summed E-state index contributed by atoms with van der Waals surface area (Å²) in [6.45, 7) is 5.91. The number of likely N-dealkylation sites (tertiary alicyclic amines) is 1. The van der Waals surface area contributed by atoms with Crippen LogP contribution in [-0.2, 0) is 9.59 Å². The maximum Gasteiger partial charge on any atom is 0.306 e. The van der Waals surface area contributed by atoms with E-state index in [9.17, 15) is 19.5 Å². The van der Waals surface area contributed by atoms with E-state index in [1.807, 2.05) is 23.1 Å². The summed E-state index contributed by atoms with van der Waals surface area (Å²) < 4.78 is 0. The average Bonchev–Trinajstić information content (AvgIpc) is 3.13. The molecule has 2 aliphatic heterocycles. The summed E-state index contributed by atoms with van der Waals surface area (Å²) in [5.41, 5.74) is 1.66. The molecule has 2 heterocycles. The summed E-state index contributed by atoms with van der Waals surface area (Å²) >= 11 is 12.1. The molecule has 2 aromatic rings. The van der Waals surface area contributed by atoms with Crippen molar-refractivity contribution in [3.63, 3.8) is 0 Å². The number of nitrogens with one attached hydrogen (secondary N) is 2. The molecule has 3 N–H and O–H groups in total. The van der Waals surface area contributed by atoms with Gasteiger partial charge in [0.25, 0.3) is 5.91 Å². The van der Waals surface area contributed by atoms with Gasteiger partial charge in [-0.1, -0.05) is 60.5 Å². The Balaban J connectivity index is 1.42. The molecule has 2 unspecified atom stereocenters. The first-order valence-corrected chi connectivity index (χ1v) is 15.3. The molecule has 4 rings (SSSR count). The van der Waals surface area contributed by atoms with Crippen LogP contribution in [0.2, 0.25) is 10.0 Å². The molecule has 2 aromatic carbocycles. The van der Waals surface area contributed by atoms with Crippen LogP contribution in [0.1, 0.15) is 60.9 Å². The van der Waals surface area contributed by atoms with Crippen molar-refractivity contribution < 1.29 is 19.5 Å². The van der Waals surface area contributed by atoms with Gasteiger partial charge in [-0.15, -0.1) is 0 Å². The third kappa shape index (κ3) is 8.67. The monoisotopic (exact) mass is 602 g/mol. The molecule has 0 bridgehead atoms. The van der Waals surface area contributed by atoms with Crippen molar-refractivity contribution in [1.82, 2.24) is 20.4 Å². The molecule has 0 aliphatic carbocycles. The van der Waals surface area contributed by atoms with E-state index in [1.165, 1.54) is 5.56 Å². The van der Waals surface area contributed by atoms with Crippen molar-refractivity contribution >= 4 is 41.0 Å². The lowest BCUT2D eigenvalue weighted by Gasteiger charge is -2.32. The normalized spacial score (nSPS) is 21.3. The van der Waals surface area contributed by atoms with Crippen LogP contribution in [0.15, 0.2) is 48.5 Å². The molecule has 10 heteroatoms. The zero-order valence-electron chi connectivity index (χ0n) is 23.5. The molecule has 0 aromatic heterocycles. The Bertz CT molecular complexity index is 1190. The van der Waals surface area contributed by atoms with E-state index in [2.05, 4.69) is 34.6 Å². The number of carbonyl (C=O) groups is 3. The van der Waals surface area contributed by atoms with E-state index in [0.717, 1.165) is 19.5 Å². The van der Waals surface area contributed by atoms with E-state index < -0.39 is 12.0 Å². The topological polar surface area (TPSA) is 102 Å². The quantitative estimate of drug-likeness (QED) is 0.346. The molecular weight excluding hydrogens is 563 g/mol. The third-order valence-corrected chi connectivity index (χ3v) is 9.10. The van der Waals surface area contributed by atoms with E-state index in [4.69, 9.17) is 23.2 Å². The second kappa shape index (κ2) is 15.0. The van der Waals surface area contributed by atoms with E-state index in [1.54, 1.807) is 18.2 Å². The number of carboxylic acids is 1. The highest BCUT2D eigenvalue weighted by atomic mass is 35.5. The first-order chi connectivity index (χ1) is 19.7. The molecule has 2 amide bonds. The number of aliphatic carboxylic acids is 1. The lowest BCUT2D eigenvalue weighted by Crippen LogP contribution is -2.50. The van der Waals surface area contributed by atoms with Gasteiger partial charge in [0.05, 0.1) is 22.0 Å². The van der Waals surface area contributed by atoms with Gasteiger partial charge < -0.3 is 25.5 Å². The second-order valence-electron chi connectivity index (χ2n) is 11.1. The molecule has 0 spiro atoms. The standard InChI is InChI=1S/C31H40Cl2N4O4/c1-2-21(22-6-4-3-5-7-22)20-37-17-12-25(19-34-29(38)24-8-9-26(32)27(33)18-24)35-28(30(37)39)13-16-36-14-10-23(11-15-36)31(40)41/h3-9,18,21,23,25,28,35H,2,10-17,19-20H2,1H3,(H,34,38)(H,40,41)/t21?,25-,28?/m0/s1. The molecule has 2 fully saturated rings. The second-order valence-corrected chi connectivity index (χ2v) is 11.9. The molecule has 8 nitrogen and oxygen atoms in total. The van der Waals surface area contributed by atoms with Crippen LogP contribution < -0.4 is 10.6 Å². The number of halogens is 2. The Morgan fingerprint density at radius 1 is 1.05 bits per heavy atom. The van der Waals surface area contributed by atoms with E-state index in [0.29, 0.717) is 67.5 Å². The van der Waals surface area contributed by atoms with Gasteiger partial charge in [0.15, 0.2) is 0 Å². The Labute approximate surface area is 252 Å². The van der Waals surface area contributed by atoms with Gasteiger partial charge in [-0.2, -0.15) is 0 Å². The summed E-state index contributed by atoms with van der Waals surface area (Å²) in [6.07, 6.45) is 3.51. The molecule has 222 valence electrons. The highest BCUT2D eigenvalue weighted by Crippen LogP contribution is 2.24. The molecular formula is C31H40Cl2N4O4. The van der Waals surface area contributed by atoms with Crippen LogP contribution in [0.4, 0.5) is 0 Å². The van der Waals surface area contributed by atoms with E-state index in [-0.39, 0.29) is 29.7 Å². The van der Waals surface area contributed by atoms with Gasteiger partial charge in [0.2, 0.25) is 5.91 Å². The van der Waals surface area contributed by atoms with Gasteiger partial charge in [-0.3, -0.25) is 14.4 Å². The third-order valence-electron chi connectivity index (χ3n) is 8.36. The number of carbonyl (C=O) groups excluding carboxylic acids is 2. The van der Waals surface area contributed by atoms with Gasteiger partial charge >= 0.3 is 5.97 Å². The van der Waals surface area contributed by atoms with Gasteiger partial charge in [0.1, 0.15) is 0 Å². The zero-order valence-corrected chi connectivity index (χ0v) is 25.0. The first-order valence-electron chi connectivity index (χ1n) is 14.5. The number of carboxylic acid groups (broad SMARTS) is 1. The van der Waals surface area contributed by atoms with Crippen molar-refractivity contribution in [3.8, 4) is 0 Å². The molecule has 2 aliphatic rings. The minimum atomic E-state index is -0.726. The van der Waals surface area contributed by atoms with Crippen molar-refractivity contribution in [3.05, 3.63) is 69.7 Å². The highest BCUT2D eigenvalue weighted by Gasteiger charge is 2.33. The summed E-state index contributed by atoms with van der Waals surface area (Å²) in [5, 5.41) is 16.6. The fraction of sp³-hybridized carbons (Fsp3) is 0.516. The predicted molar refractivity (Wildman–Crippen MR) is 162 cm³/mol. The maximum atomic E-state index is 13.9. The number of hydrogen-bond donors (Lipinski definition) is 3. The van der Waals surface area contributed by atoms with Crippen LogP contribution in [0, 0.1) is 5.92 Å². The number of hydrogen-bond acceptors (Lipinski definition) is 5. The minimum absolute atomic E-state index is 0.0816. The maximum absolute atomic E-state index is 13.9. The van der Waals surface area contributed by atoms with Crippen molar-refractivity contribution in [1.29, 1.82) is 0 Å².